The second-order valence-electron chi connectivity index (χ2n) is 5.99. The summed E-state index contributed by atoms with van der Waals surface area (Å²) in [6.07, 6.45) is -0.692. The van der Waals surface area contributed by atoms with E-state index < -0.39 is 35.3 Å². The number of carbonyl (C=O) groups is 5. The van der Waals surface area contributed by atoms with Crippen molar-refractivity contribution in [3.63, 3.8) is 0 Å². The van der Waals surface area contributed by atoms with Gasteiger partial charge in [0.15, 0.2) is 17.5 Å². The molecular weight excluding hydrogens is 425 g/mol. The predicted octanol–water partition coefficient (Wildman–Crippen LogP) is 2.98. The molecule has 0 fully saturated rings. The van der Waals surface area contributed by atoms with Crippen molar-refractivity contribution in [1.82, 2.24) is 0 Å². The van der Waals surface area contributed by atoms with Gasteiger partial charge >= 0.3 is 11.9 Å². The molecule has 158 valence electrons. The zero-order chi connectivity index (χ0) is 22.0. The number of carbonyl (C=O) groups excluding carboxylic acids is 5. The lowest BCUT2D eigenvalue weighted by Gasteiger charge is -2.12. The normalized spacial score (nSPS) is 11.3. The average molecular weight is 446 g/mol. The molecule has 0 saturated heterocycles. The number of Topliss-reactive ketones (excluding diaryl/α,β-unsaturated/α-hetero) is 2. The predicted molar refractivity (Wildman–Crippen MR) is 106 cm³/mol. The minimum atomic E-state index is -1.63. The van der Waals surface area contributed by atoms with Crippen LogP contribution >= 0.6 is 23.2 Å². The number of esters is 2. The van der Waals surface area contributed by atoms with E-state index in [4.69, 9.17) is 23.2 Å². The van der Waals surface area contributed by atoms with Crippen molar-refractivity contribution in [1.29, 1.82) is 0 Å². The molecule has 0 aliphatic heterocycles. The van der Waals surface area contributed by atoms with Crippen LogP contribution in [0.25, 0.3) is 0 Å². The Labute approximate surface area is 177 Å². The number of hydrogen-bond acceptors (Lipinski definition) is 7. The first-order valence-electron chi connectivity index (χ1n) is 8.64. The molecular formula is C19H21Cl2NO7. The third kappa shape index (κ3) is 8.21. The van der Waals surface area contributed by atoms with Gasteiger partial charge in [-0.1, -0.05) is 23.2 Å². The van der Waals surface area contributed by atoms with Crippen LogP contribution in [-0.2, 0) is 33.4 Å². The highest BCUT2D eigenvalue weighted by molar-refractivity contribution is 6.36. The van der Waals surface area contributed by atoms with Crippen molar-refractivity contribution in [3.8, 4) is 0 Å². The van der Waals surface area contributed by atoms with Crippen LogP contribution in [0.15, 0.2) is 18.2 Å². The zero-order valence-corrected chi connectivity index (χ0v) is 17.5. The molecule has 10 heteroatoms. The van der Waals surface area contributed by atoms with E-state index in [-0.39, 0.29) is 37.1 Å². The topological polar surface area (TPSA) is 116 Å². The Hall–Kier alpha value is -2.45. The van der Waals surface area contributed by atoms with Crippen molar-refractivity contribution in [3.05, 3.63) is 28.2 Å². The maximum absolute atomic E-state index is 12.3. The molecule has 29 heavy (non-hydrogen) atoms. The molecule has 0 aliphatic rings. The zero-order valence-electron chi connectivity index (χ0n) is 16.0. The molecule has 1 N–H and O–H groups in total. The number of nitrogens with one attached hydrogen (secondary N) is 1. The lowest BCUT2D eigenvalue weighted by molar-refractivity contribution is -0.154. The minimum Gasteiger partial charge on any atom is -0.469 e. The van der Waals surface area contributed by atoms with Crippen molar-refractivity contribution < 1.29 is 33.4 Å². The first-order valence-corrected chi connectivity index (χ1v) is 9.40. The van der Waals surface area contributed by atoms with Gasteiger partial charge in [-0.3, -0.25) is 24.0 Å². The molecule has 1 atom stereocenters. The van der Waals surface area contributed by atoms with Crippen LogP contribution in [0.3, 0.4) is 0 Å². The summed E-state index contributed by atoms with van der Waals surface area (Å²) in [5.74, 6) is -5.06. The van der Waals surface area contributed by atoms with Gasteiger partial charge in [-0.05, 0) is 24.6 Å². The summed E-state index contributed by atoms with van der Waals surface area (Å²) in [6.45, 7) is 0. The molecule has 0 unspecified atom stereocenters. The number of hydrogen-bond donors (Lipinski definition) is 1. The number of ketones is 2. The van der Waals surface area contributed by atoms with Crippen LogP contribution in [-0.4, -0.2) is 43.6 Å². The molecule has 0 heterocycles. The van der Waals surface area contributed by atoms with E-state index in [2.05, 4.69) is 14.8 Å². The summed E-state index contributed by atoms with van der Waals surface area (Å²) in [4.78, 5) is 59.5. The summed E-state index contributed by atoms with van der Waals surface area (Å²) in [7, 11) is 2.22. The standard InChI is InChI=1S/C19H21Cl2NO7/c1-28-17(26)9-8-15(24)18(19(27)29-2)14(23)4-3-5-16(25)22-13-7-6-11(20)10-12(13)21/h6-7,10,18H,3-5,8-9H2,1-2H3,(H,22,25)/t18-/m1/s1. The van der Waals surface area contributed by atoms with Gasteiger partial charge in [-0.15, -0.1) is 0 Å². The van der Waals surface area contributed by atoms with Crippen LogP contribution in [0.5, 0.6) is 0 Å². The Morgan fingerprint density at radius 2 is 1.59 bits per heavy atom. The van der Waals surface area contributed by atoms with Crippen LogP contribution < -0.4 is 5.32 Å². The number of methoxy groups -OCH3 is 2. The summed E-state index contributed by atoms with van der Waals surface area (Å²) in [5, 5.41) is 3.27. The average Bonchev–Trinajstić information content (AvgIpc) is 2.68. The number of amides is 1. The molecule has 0 saturated carbocycles. The first kappa shape index (κ1) is 24.6. The number of rotatable bonds is 11. The van der Waals surface area contributed by atoms with E-state index in [1.54, 1.807) is 12.1 Å². The Morgan fingerprint density at radius 3 is 2.17 bits per heavy atom. The molecule has 0 aromatic heterocycles. The van der Waals surface area contributed by atoms with E-state index >= 15 is 0 Å². The van der Waals surface area contributed by atoms with Crippen LogP contribution in [0.2, 0.25) is 10.0 Å². The molecule has 8 nitrogen and oxygen atoms in total. The lowest BCUT2D eigenvalue weighted by Crippen LogP contribution is -2.33. The highest BCUT2D eigenvalue weighted by atomic mass is 35.5. The van der Waals surface area contributed by atoms with Crippen molar-refractivity contribution in [2.75, 3.05) is 19.5 Å². The minimum absolute atomic E-state index is 0.0328. The molecule has 1 aromatic rings. The van der Waals surface area contributed by atoms with E-state index in [1.807, 2.05) is 0 Å². The van der Waals surface area contributed by atoms with E-state index in [1.165, 1.54) is 6.07 Å². The first-order chi connectivity index (χ1) is 13.7. The number of halogens is 2. The number of ether oxygens (including phenoxy) is 2. The molecule has 0 aliphatic carbocycles. The van der Waals surface area contributed by atoms with E-state index in [0.717, 1.165) is 14.2 Å². The smallest absolute Gasteiger partial charge is 0.323 e. The van der Waals surface area contributed by atoms with Gasteiger partial charge in [0.2, 0.25) is 5.91 Å². The fourth-order valence-corrected chi connectivity index (χ4v) is 2.86. The van der Waals surface area contributed by atoms with Gasteiger partial charge in [0.25, 0.3) is 0 Å². The SMILES string of the molecule is COC(=O)CCC(=O)[C@@H](C(=O)CCCC(=O)Nc1ccc(Cl)cc1Cl)C(=O)OC. The third-order valence-electron chi connectivity index (χ3n) is 3.92. The van der Waals surface area contributed by atoms with Gasteiger partial charge in [0.1, 0.15) is 0 Å². The van der Waals surface area contributed by atoms with E-state index in [0.29, 0.717) is 10.7 Å². The number of anilines is 1. The molecule has 0 radical (unpaired) electrons. The van der Waals surface area contributed by atoms with Gasteiger partial charge in [-0.25, -0.2) is 0 Å². The largest absolute Gasteiger partial charge is 0.469 e. The van der Waals surface area contributed by atoms with Gasteiger partial charge < -0.3 is 14.8 Å². The van der Waals surface area contributed by atoms with Crippen molar-refractivity contribution >= 4 is 58.3 Å². The third-order valence-corrected chi connectivity index (χ3v) is 4.46. The second kappa shape index (κ2) is 12.2. The van der Waals surface area contributed by atoms with Gasteiger partial charge in [0, 0.05) is 24.3 Å². The van der Waals surface area contributed by atoms with Gasteiger partial charge in [0.05, 0.1) is 31.4 Å². The lowest BCUT2D eigenvalue weighted by atomic mass is 9.92. The summed E-state index contributed by atoms with van der Waals surface area (Å²) in [6, 6.07) is 4.58. The highest BCUT2D eigenvalue weighted by Crippen LogP contribution is 2.25. The fraction of sp³-hybridized carbons (Fsp3) is 0.421. The van der Waals surface area contributed by atoms with Crippen LogP contribution in [0.4, 0.5) is 5.69 Å². The molecule has 0 spiro atoms. The van der Waals surface area contributed by atoms with Crippen molar-refractivity contribution in [2.45, 2.75) is 32.1 Å². The quantitative estimate of drug-likeness (QED) is 0.410. The number of benzene rings is 1. The Kier molecular flexibility index (Phi) is 10.3. The molecule has 0 bridgehead atoms. The summed E-state index contributed by atoms with van der Waals surface area (Å²) >= 11 is 11.8. The summed E-state index contributed by atoms with van der Waals surface area (Å²) in [5.41, 5.74) is 0.373. The monoisotopic (exact) mass is 445 g/mol. The Morgan fingerprint density at radius 1 is 0.931 bits per heavy atom. The van der Waals surface area contributed by atoms with Crippen molar-refractivity contribution in [2.24, 2.45) is 5.92 Å². The maximum atomic E-state index is 12.3. The molecule has 1 aromatic carbocycles. The Bertz CT molecular complexity index is 795. The molecule has 1 rings (SSSR count). The summed E-state index contributed by atoms with van der Waals surface area (Å²) < 4.78 is 8.94. The van der Waals surface area contributed by atoms with Gasteiger partial charge in [-0.2, -0.15) is 0 Å². The van der Waals surface area contributed by atoms with E-state index in [9.17, 15) is 24.0 Å². The van der Waals surface area contributed by atoms with Crippen LogP contribution in [0.1, 0.15) is 32.1 Å². The Balaban J connectivity index is 2.59. The molecule has 1 amide bonds. The fourth-order valence-electron chi connectivity index (χ4n) is 2.40. The van der Waals surface area contributed by atoms with Crippen LogP contribution in [0, 0.1) is 5.92 Å². The highest BCUT2D eigenvalue weighted by Gasteiger charge is 2.34. The maximum Gasteiger partial charge on any atom is 0.323 e. The second-order valence-corrected chi connectivity index (χ2v) is 6.83.